The third-order valence-corrected chi connectivity index (χ3v) is 7.87. The lowest BCUT2D eigenvalue weighted by Gasteiger charge is -2.29. The highest BCUT2D eigenvalue weighted by molar-refractivity contribution is 7.99. The van der Waals surface area contributed by atoms with Crippen LogP contribution in [0, 0.1) is 0 Å². The summed E-state index contributed by atoms with van der Waals surface area (Å²) < 4.78 is 7.47. The summed E-state index contributed by atoms with van der Waals surface area (Å²) >= 11 is 1.65. The van der Waals surface area contributed by atoms with E-state index in [0.29, 0.717) is 12.3 Å². The zero-order chi connectivity index (χ0) is 26.2. The minimum absolute atomic E-state index is 0.694. The van der Waals surface area contributed by atoms with Crippen LogP contribution in [-0.2, 0) is 13.1 Å². The van der Waals surface area contributed by atoms with E-state index in [1.165, 1.54) is 0 Å². The molecule has 0 atom stereocenters. The van der Waals surface area contributed by atoms with Gasteiger partial charge in [0.2, 0.25) is 0 Å². The molecule has 9 nitrogen and oxygen atoms in total. The number of methoxy groups -OCH3 is 1. The van der Waals surface area contributed by atoms with Gasteiger partial charge in [-0.1, -0.05) is 36.0 Å². The molecular formula is C29H24N8OS. The molecule has 0 bridgehead atoms. The molecule has 39 heavy (non-hydrogen) atoms. The lowest BCUT2D eigenvalue weighted by Crippen LogP contribution is -2.34. The number of pyridine rings is 2. The topological polar surface area (TPSA) is 93.9 Å². The van der Waals surface area contributed by atoms with Gasteiger partial charge in [-0.05, 0) is 30.3 Å². The molecule has 5 heterocycles. The summed E-state index contributed by atoms with van der Waals surface area (Å²) in [6.45, 7) is 2.46. The predicted molar refractivity (Wildman–Crippen MR) is 153 cm³/mol. The number of imidazole rings is 1. The van der Waals surface area contributed by atoms with Crippen molar-refractivity contribution in [2.45, 2.75) is 22.9 Å². The number of hydrogen-bond acceptors (Lipinski definition) is 9. The molecule has 4 aromatic heterocycles. The second-order valence-corrected chi connectivity index (χ2v) is 10.3. The number of nitrogens with zero attached hydrogens (tertiary/aromatic N) is 7. The summed E-state index contributed by atoms with van der Waals surface area (Å²) in [5.41, 5.74) is 2.60. The zero-order valence-corrected chi connectivity index (χ0v) is 22.0. The predicted octanol–water partition coefficient (Wildman–Crippen LogP) is 5.69. The summed E-state index contributed by atoms with van der Waals surface area (Å²) in [6, 6.07) is 20.4. The quantitative estimate of drug-likeness (QED) is 0.290. The van der Waals surface area contributed by atoms with Gasteiger partial charge in [-0.3, -0.25) is 4.98 Å². The average molecular weight is 533 g/mol. The molecule has 0 spiro atoms. The molecule has 7 rings (SSSR count). The van der Waals surface area contributed by atoms with Crippen molar-refractivity contribution in [2.24, 2.45) is 0 Å². The van der Waals surface area contributed by atoms with Crippen LogP contribution in [0.4, 0.5) is 17.3 Å². The van der Waals surface area contributed by atoms with Crippen LogP contribution in [-0.4, -0.2) is 43.4 Å². The highest BCUT2D eigenvalue weighted by Gasteiger charge is 2.21. The van der Waals surface area contributed by atoms with E-state index in [0.717, 1.165) is 67.8 Å². The fourth-order valence-corrected chi connectivity index (χ4v) is 5.73. The SMILES string of the molecule is COc1cnc2c(Sc3ccc(Nc4nnc(N5CCn6ccnc6C5)c5ccccc45)cc3)ccnc2c1. The molecule has 0 fully saturated rings. The Bertz CT molecular complexity index is 1800. The van der Waals surface area contributed by atoms with Gasteiger partial charge >= 0.3 is 0 Å². The van der Waals surface area contributed by atoms with Crippen LogP contribution < -0.4 is 15.0 Å². The lowest BCUT2D eigenvalue weighted by molar-refractivity contribution is 0.413. The minimum Gasteiger partial charge on any atom is -0.495 e. The van der Waals surface area contributed by atoms with Gasteiger partial charge in [0.25, 0.3) is 0 Å². The van der Waals surface area contributed by atoms with E-state index >= 15 is 0 Å². The molecule has 0 saturated carbocycles. The third kappa shape index (κ3) is 4.48. The number of fused-ring (bicyclic) bond motifs is 3. The monoisotopic (exact) mass is 532 g/mol. The molecule has 1 aliphatic heterocycles. The number of nitrogens with one attached hydrogen (secondary N) is 1. The van der Waals surface area contributed by atoms with Gasteiger partial charge in [-0.2, -0.15) is 0 Å². The first-order valence-corrected chi connectivity index (χ1v) is 13.4. The number of benzene rings is 2. The van der Waals surface area contributed by atoms with E-state index in [1.54, 1.807) is 31.3 Å². The summed E-state index contributed by atoms with van der Waals surface area (Å²) in [7, 11) is 1.63. The maximum Gasteiger partial charge on any atom is 0.161 e. The van der Waals surface area contributed by atoms with E-state index < -0.39 is 0 Å². The molecule has 10 heteroatoms. The van der Waals surface area contributed by atoms with Crippen molar-refractivity contribution in [3.63, 3.8) is 0 Å². The second-order valence-electron chi connectivity index (χ2n) is 9.18. The van der Waals surface area contributed by atoms with Crippen molar-refractivity contribution < 1.29 is 4.74 Å². The number of rotatable bonds is 6. The Hall–Kier alpha value is -4.70. The first kappa shape index (κ1) is 23.4. The largest absolute Gasteiger partial charge is 0.495 e. The Balaban J connectivity index is 1.13. The molecule has 1 N–H and O–H groups in total. The summed E-state index contributed by atoms with van der Waals surface area (Å²) in [5, 5.41) is 14.8. The van der Waals surface area contributed by atoms with Gasteiger partial charge in [0.1, 0.15) is 17.1 Å². The van der Waals surface area contributed by atoms with E-state index in [-0.39, 0.29) is 0 Å². The average Bonchev–Trinajstić information content (AvgIpc) is 3.46. The van der Waals surface area contributed by atoms with Crippen molar-refractivity contribution in [3.8, 4) is 5.75 Å². The van der Waals surface area contributed by atoms with Gasteiger partial charge in [-0.15, -0.1) is 10.2 Å². The van der Waals surface area contributed by atoms with E-state index in [9.17, 15) is 0 Å². The molecular weight excluding hydrogens is 508 g/mol. The fourth-order valence-electron chi connectivity index (χ4n) is 4.82. The Morgan fingerprint density at radius 1 is 0.897 bits per heavy atom. The van der Waals surface area contributed by atoms with Gasteiger partial charge in [0, 0.05) is 64.0 Å². The standard InChI is InChI=1S/C29H24N8OS/c1-38-20-16-24-27(32-17-20)25(10-11-30-24)39-21-8-6-19(7-9-21)33-28-22-4-2-3-5-23(22)29(35-34-28)37-15-14-36-13-12-31-26(36)18-37/h2-13,16-17H,14-15,18H2,1H3,(H,33,34). The Labute approximate surface area is 228 Å². The van der Waals surface area contributed by atoms with Crippen LogP contribution in [0.15, 0.2) is 95.2 Å². The zero-order valence-electron chi connectivity index (χ0n) is 21.2. The van der Waals surface area contributed by atoms with Crippen LogP contribution >= 0.6 is 11.8 Å². The molecule has 0 aliphatic carbocycles. The minimum atomic E-state index is 0.694. The van der Waals surface area contributed by atoms with Gasteiger partial charge < -0.3 is 19.5 Å². The van der Waals surface area contributed by atoms with Crippen LogP contribution in [0.1, 0.15) is 5.82 Å². The molecule has 6 aromatic rings. The van der Waals surface area contributed by atoms with Gasteiger partial charge in [-0.25, -0.2) is 9.97 Å². The van der Waals surface area contributed by atoms with Crippen molar-refractivity contribution >= 4 is 50.9 Å². The van der Waals surface area contributed by atoms with Crippen molar-refractivity contribution in [3.05, 3.63) is 91.3 Å². The number of ether oxygens (including phenoxy) is 1. The van der Waals surface area contributed by atoms with E-state index in [1.807, 2.05) is 36.7 Å². The Morgan fingerprint density at radius 2 is 1.77 bits per heavy atom. The van der Waals surface area contributed by atoms with E-state index in [2.05, 4.69) is 76.3 Å². The number of aromatic nitrogens is 6. The van der Waals surface area contributed by atoms with Crippen LogP contribution in [0.25, 0.3) is 21.8 Å². The van der Waals surface area contributed by atoms with Crippen LogP contribution in [0.5, 0.6) is 5.75 Å². The van der Waals surface area contributed by atoms with Crippen molar-refractivity contribution in [1.29, 1.82) is 0 Å². The molecule has 0 saturated heterocycles. The first-order valence-electron chi connectivity index (χ1n) is 12.6. The molecule has 1 aliphatic rings. The fraction of sp³-hybridized carbons (Fsp3) is 0.138. The maximum atomic E-state index is 5.28. The molecule has 2 aromatic carbocycles. The van der Waals surface area contributed by atoms with E-state index in [4.69, 9.17) is 4.74 Å². The number of anilines is 3. The van der Waals surface area contributed by atoms with Crippen molar-refractivity contribution in [2.75, 3.05) is 23.9 Å². The molecule has 0 radical (unpaired) electrons. The highest BCUT2D eigenvalue weighted by atomic mass is 32.2. The summed E-state index contributed by atoms with van der Waals surface area (Å²) in [6.07, 6.45) is 7.40. The normalized spacial score (nSPS) is 13.0. The lowest BCUT2D eigenvalue weighted by atomic mass is 10.1. The summed E-state index contributed by atoms with van der Waals surface area (Å²) in [5.74, 6) is 3.35. The Kier molecular flexibility index (Phi) is 5.93. The summed E-state index contributed by atoms with van der Waals surface area (Å²) in [4.78, 5) is 17.9. The van der Waals surface area contributed by atoms with Crippen LogP contribution in [0.3, 0.4) is 0 Å². The molecule has 192 valence electrons. The maximum absolute atomic E-state index is 5.28. The van der Waals surface area contributed by atoms with Crippen LogP contribution in [0.2, 0.25) is 0 Å². The number of hydrogen-bond donors (Lipinski definition) is 1. The molecule has 0 unspecified atom stereocenters. The highest BCUT2D eigenvalue weighted by Crippen LogP contribution is 2.35. The van der Waals surface area contributed by atoms with Gasteiger partial charge in [0.05, 0.1) is 25.4 Å². The second kappa shape index (κ2) is 9.88. The third-order valence-electron chi connectivity index (χ3n) is 6.81. The van der Waals surface area contributed by atoms with Crippen molar-refractivity contribution in [1.82, 2.24) is 29.7 Å². The first-order chi connectivity index (χ1) is 19.2. The Morgan fingerprint density at radius 3 is 2.64 bits per heavy atom. The smallest absolute Gasteiger partial charge is 0.161 e. The van der Waals surface area contributed by atoms with Gasteiger partial charge in [0.15, 0.2) is 11.6 Å². The molecule has 0 amide bonds.